The Kier molecular flexibility index (Phi) is 6.86. The van der Waals surface area contributed by atoms with Crippen molar-refractivity contribution in [3.05, 3.63) is 28.2 Å². The van der Waals surface area contributed by atoms with Crippen LogP contribution in [0.25, 0.3) is 0 Å². The molecule has 0 radical (unpaired) electrons. The van der Waals surface area contributed by atoms with Gasteiger partial charge in [0, 0.05) is 12.1 Å². The summed E-state index contributed by atoms with van der Waals surface area (Å²) in [6.07, 6.45) is 0. The molecule has 0 aliphatic carbocycles. The molecule has 132 valence electrons. The highest BCUT2D eigenvalue weighted by molar-refractivity contribution is 6.35. The lowest BCUT2D eigenvalue weighted by molar-refractivity contribution is -1.01. The average molecular weight is 375 g/mol. The van der Waals surface area contributed by atoms with Crippen LogP contribution < -0.4 is 20.4 Å². The number of amides is 2. The predicted molar refractivity (Wildman–Crippen MR) is 94.9 cm³/mol. The molecule has 1 aromatic rings. The lowest BCUT2D eigenvalue weighted by atomic mass is 10.2. The summed E-state index contributed by atoms with van der Waals surface area (Å²) < 4.78 is 0. The number of benzene rings is 1. The van der Waals surface area contributed by atoms with Gasteiger partial charge in [-0.1, -0.05) is 23.2 Å². The van der Waals surface area contributed by atoms with Gasteiger partial charge in [-0.2, -0.15) is 0 Å². The van der Waals surface area contributed by atoms with Crippen LogP contribution in [0.1, 0.15) is 6.92 Å². The second-order valence-electron chi connectivity index (χ2n) is 6.09. The van der Waals surface area contributed by atoms with E-state index in [0.29, 0.717) is 22.3 Å². The third-order valence-corrected chi connectivity index (χ3v) is 5.05. The summed E-state index contributed by atoms with van der Waals surface area (Å²) in [6, 6.07) is 4.80. The van der Waals surface area contributed by atoms with Gasteiger partial charge >= 0.3 is 0 Å². The number of carbonyl (C=O) groups excluding carboxylic acids is 2. The number of anilines is 1. The lowest BCUT2D eigenvalue weighted by Crippen LogP contribution is -3.30. The van der Waals surface area contributed by atoms with E-state index < -0.39 is 0 Å². The van der Waals surface area contributed by atoms with Crippen LogP contribution in [0.5, 0.6) is 0 Å². The van der Waals surface area contributed by atoms with Crippen molar-refractivity contribution in [1.82, 2.24) is 5.32 Å². The number of rotatable bonds is 5. The first-order valence-electron chi connectivity index (χ1n) is 8.05. The molecule has 1 fully saturated rings. The molecule has 2 amide bonds. The molecule has 1 heterocycles. The highest BCUT2D eigenvalue weighted by Gasteiger charge is 2.31. The molecular formula is C16H24Cl2N4O2+2. The molecule has 24 heavy (non-hydrogen) atoms. The van der Waals surface area contributed by atoms with E-state index in [4.69, 9.17) is 23.2 Å². The molecule has 1 saturated heterocycles. The molecule has 8 heteroatoms. The van der Waals surface area contributed by atoms with E-state index in [9.17, 15) is 9.59 Å². The molecular weight excluding hydrogens is 351 g/mol. The van der Waals surface area contributed by atoms with E-state index >= 15 is 0 Å². The van der Waals surface area contributed by atoms with Gasteiger partial charge in [-0.15, -0.1) is 0 Å². The molecule has 1 aliphatic heterocycles. The molecule has 2 rings (SSSR count). The zero-order valence-electron chi connectivity index (χ0n) is 13.9. The zero-order chi connectivity index (χ0) is 17.7. The van der Waals surface area contributed by atoms with Gasteiger partial charge in [-0.3, -0.25) is 9.59 Å². The van der Waals surface area contributed by atoms with Crippen molar-refractivity contribution >= 4 is 40.7 Å². The first-order chi connectivity index (χ1) is 11.4. The van der Waals surface area contributed by atoms with E-state index in [1.54, 1.807) is 25.2 Å². The fraction of sp³-hybridized carbons (Fsp3) is 0.500. The van der Waals surface area contributed by atoms with Crippen LogP contribution in [0.2, 0.25) is 10.0 Å². The predicted octanol–water partition coefficient (Wildman–Crippen LogP) is -1.15. The fourth-order valence-corrected chi connectivity index (χ4v) is 3.21. The zero-order valence-corrected chi connectivity index (χ0v) is 15.4. The lowest BCUT2D eigenvalue weighted by Gasteiger charge is -2.32. The molecule has 1 aromatic carbocycles. The summed E-state index contributed by atoms with van der Waals surface area (Å²) in [5, 5.41) is 6.50. The maximum Gasteiger partial charge on any atom is 0.282 e. The van der Waals surface area contributed by atoms with Crippen LogP contribution in [0.3, 0.4) is 0 Å². The van der Waals surface area contributed by atoms with Gasteiger partial charge in [0.05, 0.1) is 10.7 Å². The van der Waals surface area contributed by atoms with Crippen molar-refractivity contribution in [2.75, 3.05) is 45.1 Å². The third kappa shape index (κ3) is 5.08. The van der Waals surface area contributed by atoms with Gasteiger partial charge in [-0.05, 0) is 25.1 Å². The normalized spacial score (nSPS) is 21.8. The van der Waals surface area contributed by atoms with Crippen molar-refractivity contribution < 1.29 is 19.4 Å². The highest BCUT2D eigenvalue weighted by Crippen LogP contribution is 2.25. The van der Waals surface area contributed by atoms with Crippen LogP contribution in [0.15, 0.2) is 18.2 Å². The summed E-state index contributed by atoms with van der Waals surface area (Å²) in [7, 11) is 1.65. The molecule has 1 atom stereocenters. The molecule has 0 saturated carbocycles. The molecule has 4 N–H and O–H groups in total. The second-order valence-corrected chi connectivity index (χ2v) is 6.94. The van der Waals surface area contributed by atoms with Crippen molar-refractivity contribution in [3.63, 3.8) is 0 Å². The third-order valence-electron chi connectivity index (χ3n) is 4.48. The maximum atomic E-state index is 12.5. The first-order valence-corrected chi connectivity index (χ1v) is 8.81. The van der Waals surface area contributed by atoms with Crippen molar-refractivity contribution in [2.24, 2.45) is 0 Å². The Morgan fingerprint density at radius 2 is 1.88 bits per heavy atom. The summed E-state index contributed by atoms with van der Waals surface area (Å²) in [4.78, 5) is 26.4. The second kappa shape index (κ2) is 8.67. The van der Waals surface area contributed by atoms with Gasteiger partial charge in [0.25, 0.3) is 11.8 Å². The van der Waals surface area contributed by atoms with Gasteiger partial charge in [0.2, 0.25) is 0 Å². The first kappa shape index (κ1) is 19.0. The standard InChI is InChI=1S/C16H22Cl2N4O2/c1-11(16(24)20-14-9-12(17)3-4-13(14)18)22-7-5-21(6-8-22)10-15(23)19-2/h3-4,9,11H,5-8,10H2,1-2H3,(H,19,23)(H,20,24)/p+2/t11-/m1/s1. The SMILES string of the molecule is CNC(=O)C[NH+]1CC[NH+]([C@H](C)C(=O)Nc2cc(Cl)ccc2Cl)CC1. The Bertz CT molecular complexity index is 604. The Balaban J connectivity index is 1.88. The number of nitrogens with one attached hydrogen (secondary N) is 4. The van der Waals surface area contributed by atoms with E-state index in [1.165, 1.54) is 9.80 Å². The summed E-state index contributed by atoms with van der Waals surface area (Å²) >= 11 is 12.0. The highest BCUT2D eigenvalue weighted by atomic mass is 35.5. The largest absolute Gasteiger partial charge is 0.354 e. The Morgan fingerprint density at radius 1 is 1.21 bits per heavy atom. The fourth-order valence-electron chi connectivity index (χ4n) is 2.87. The molecule has 1 aliphatic rings. The van der Waals surface area contributed by atoms with E-state index in [2.05, 4.69) is 10.6 Å². The number of quaternary nitrogens is 2. The van der Waals surface area contributed by atoms with Crippen LogP contribution >= 0.6 is 23.2 Å². The van der Waals surface area contributed by atoms with Gasteiger partial charge in [0.15, 0.2) is 12.6 Å². The van der Waals surface area contributed by atoms with Gasteiger partial charge in [0.1, 0.15) is 26.2 Å². The van der Waals surface area contributed by atoms with Crippen LogP contribution in [-0.2, 0) is 9.59 Å². The number of piperazine rings is 1. The molecule has 0 bridgehead atoms. The minimum Gasteiger partial charge on any atom is -0.354 e. The molecule has 0 spiro atoms. The van der Waals surface area contributed by atoms with Crippen molar-refractivity contribution in [3.8, 4) is 0 Å². The molecule has 0 unspecified atom stereocenters. The minimum absolute atomic E-state index is 0.0508. The van der Waals surface area contributed by atoms with Crippen LogP contribution in [0, 0.1) is 0 Å². The summed E-state index contributed by atoms with van der Waals surface area (Å²) in [5.41, 5.74) is 0.532. The Morgan fingerprint density at radius 3 is 2.50 bits per heavy atom. The molecule has 6 nitrogen and oxygen atoms in total. The number of hydrogen-bond donors (Lipinski definition) is 4. The average Bonchev–Trinajstić information content (AvgIpc) is 2.58. The topological polar surface area (TPSA) is 67.1 Å². The van der Waals surface area contributed by atoms with E-state index in [0.717, 1.165) is 26.2 Å². The smallest absolute Gasteiger partial charge is 0.282 e. The maximum absolute atomic E-state index is 12.5. The summed E-state index contributed by atoms with van der Waals surface area (Å²) in [5.74, 6) is -0.0289. The minimum atomic E-state index is -0.193. The van der Waals surface area contributed by atoms with Crippen molar-refractivity contribution in [2.45, 2.75) is 13.0 Å². The number of carbonyl (C=O) groups is 2. The number of likely N-dealkylation sites (N-methyl/N-ethyl adjacent to an activating group) is 1. The van der Waals surface area contributed by atoms with Crippen molar-refractivity contribution in [1.29, 1.82) is 0 Å². The quantitative estimate of drug-likeness (QED) is 0.525. The van der Waals surface area contributed by atoms with Crippen LogP contribution in [-0.4, -0.2) is 57.6 Å². The Hall–Kier alpha value is -1.34. The number of halogens is 2. The Labute approximate surface area is 152 Å². The van der Waals surface area contributed by atoms with Crippen LogP contribution in [0.4, 0.5) is 5.69 Å². The summed E-state index contributed by atoms with van der Waals surface area (Å²) in [6.45, 7) is 5.85. The molecule has 0 aromatic heterocycles. The number of hydrogen-bond acceptors (Lipinski definition) is 2. The van der Waals surface area contributed by atoms with Gasteiger partial charge < -0.3 is 20.4 Å². The van der Waals surface area contributed by atoms with Gasteiger partial charge in [-0.25, -0.2) is 0 Å². The van der Waals surface area contributed by atoms with E-state index in [-0.39, 0.29) is 17.9 Å². The monoisotopic (exact) mass is 374 g/mol. The van der Waals surface area contributed by atoms with E-state index in [1.807, 2.05) is 6.92 Å².